The molecule has 3 N–H and O–H groups in total. The van der Waals surface area contributed by atoms with Crippen LogP contribution in [-0.4, -0.2) is 50.2 Å². The summed E-state index contributed by atoms with van der Waals surface area (Å²) in [4.78, 5) is 14.7. The lowest BCUT2D eigenvalue weighted by Crippen LogP contribution is -2.39. The highest BCUT2D eigenvalue weighted by Crippen LogP contribution is 2.18. The fraction of sp³-hybridized carbons (Fsp3) is 0.588. The molecule has 2 atom stereocenters. The number of likely N-dealkylation sites (tertiary alicyclic amines) is 1. The Kier molecular flexibility index (Phi) is 6.83. The van der Waals surface area contributed by atoms with E-state index in [2.05, 4.69) is 22.3 Å². The Bertz CT molecular complexity index is 442. The highest BCUT2D eigenvalue weighted by Gasteiger charge is 2.21. The molecule has 2 rings (SSSR count). The average molecular weight is 305 g/mol. The van der Waals surface area contributed by atoms with Crippen molar-refractivity contribution in [2.75, 3.05) is 33.3 Å². The molecule has 1 heterocycles. The molecule has 0 spiro atoms. The number of nitrogens with two attached hydrogens (primary N) is 1. The van der Waals surface area contributed by atoms with E-state index in [1.165, 1.54) is 12.8 Å². The first-order valence-corrected chi connectivity index (χ1v) is 8.02. The standard InChI is InChI=1S/C17H27N3O2/c1-22-15(12-18)11-17(21)19-16(13-20-9-5-6-10-20)14-7-3-2-4-8-14/h2-4,7-8,15-16H,5-6,9-13,18H2,1H3,(H,19,21). The Morgan fingerprint density at radius 3 is 2.59 bits per heavy atom. The lowest BCUT2D eigenvalue weighted by atomic mass is 10.1. The van der Waals surface area contributed by atoms with Gasteiger partial charge in [-0.15, -0.1) is 0 Å². The monoisotopic (exact) mass is 305 g/mol. The SMILES string of the molecule is COC(CN)CC(=O)NC(CN1CCCC1)c1ccccc1. The Hall–Kier alpha value is -1.43. The van der Waals surface area contributed by atoms with Gasteiger partial charge in [0.15, 0.2) is 0 Å². The van der Waals surface area contributed by atoms with Crippen molar-refractivity contribution in [1.29, 1.82) is 0 Å². The van der Waals surface area contributed by atoms with Crippen LogP contribution in [0.4, 0.5) is 0 Å². The summed E-state index contributed by atoms with van der Waals surface area (Å²) in [6, 6.07) is 10.2. The van der Waals surface area contributed by atoms with Crippen molar-refractivity contribution in [3.05, 3.63) is 35.9 Å². The Balaban J connectivity index is 1.99. The van der Waals surface area contributed by atoms with Gasteiger partial charge >= 0.3 is 0 Å². The number of nitrogens with zero attached hydrogens (tertiary/aromatic N) is 1. The minimum atomic E-state index is -0.219. The van der Waals surface area contributed by atoms with Crippen LogP contribution in [0.5, 0.6) is 0 Å². The maximum Gasteiger partial charge on any atom is 0.223 e. The van der Waals surface area contributed by atoms with E-state index in [4.69, 9.17) is 10.5 Å². The molecule has 1 aromatic rings. The van der Waals surface area contributed by atoms with E-state index in [9.17, 15) is 4.79 Å². The van der Waals surface area contributed by atoms with Crippen LogP contribution in [0.2, 0.25) is 0 Å². The molecule has 1 fully saturated rings. The van der Waals surface area contributed by atoms with Gasteiger partial charge in [-0.1, -0.05) is 30.3 Å². The quantitative estimate of drug-likeness (QED) is 0.760. The predicted molar refractivity (Wildman–Crippen MR) is 87.5 cm³/mol. The molecule has 0 aromatic heterocycles. The second-order valence-corrected chi connectivity index (χ2v) is 5.84. The largest absolute Gasteiger partial charge is 0.380 e. The summed E-state index contributed by atoms with van der Waals surface area (Å²) in [5.74, 6) is -0.00894. The third-order valence-corrected chi connectivity index (χ3v) is 4.19. The zero-order chi connectivity index (χ0) is 15.8. The minimum Gasteiger partial charge on any atom is -0.380 e. The van der Waals surface area contributed by atoms with Crippen molar-refractivity contribution in [2.24, 2.45) is 5.73 Å². The fourth-order valence-electron chi connectivity index (χ4n) is 2.87. The number of nitrogens with one attached hydrogen (secondary N) is 1. The number of methoxy groups -OCH3 is 1. The summed E-state index contributed by atoms with van der Waals surface area (Å²) in [6.07, 6.45) is 2.57. The van der Waals surface area contributed by atoms with Gasteiger partial charge in [0.25, 0.3) is 0 Å². The Morgan fingerprint density at radius 2 is 2.00 bits per heavy atom. The normalized spacial score (nSPS) is 18.1. The number of carbonyl (C=O) groups excluding carboxylic acids is 1. The summed E-state index contributed by atoms with van der Waals surface area (Å²) in [5.41, 5.74) is 6.74. The predicted octanol–water partition coefficient (Wildman–Crippen LogP) is 1.30. The topological polar surface area (TPSA) is 67.6 Å². The van der Waals surface area contributed by atoms with Crippen molar-refractivity contribution >= 4 is 5.91 Å². The van der Waals surface area contributed by atoms with Crippen LogP contribution in [0.3, 0.4) is 0 Å². The first kappa shape index (κ1) is 16.9. The second kappa shape index (κ2) is 8.88. The number of ether oxygens (including phenoxy) is 1. The van der Waals surface area contributed by atoms with E-state index in [0.29, 0.717) is 13.0 Å². The van der Waals surface area contributed by atoms with Crippen LogP contribution in [-0.2, 0) is 9.53 Å². The molecule has 1 aromatic carbocycles. The van der Waals surface area contributed by atoms with E-state index < -0.39 is 0 Å². The van der Waals surface area contributed by atoms with E-state index in [-0.39, 0.29) is 18.1 Å². The lowest BCUT2D eigenvalue weighted by molar-refractivity contribution is -0.124. The molecule has 0 saturated carbocycles. The van der Waals surface area contributed by atoms with Crippen molar-refractivity contribution in [3.8, 4) is 0 Å². The van der Waals surface area contributed by atoms with Gasteiger partial charge in [0.1, 0.15) is 0 Å². The fourth-order valence-corrected chi connectivity index (χ4v) is 2.87. The lowest BCUT2D eigenvalue weighted by Gasteiger charge is -2.25. The van der Waals surface area contributed by atoms with E-state index >= 15 is 0 Å². The van der Waals surface area contributed by atoms with Crippen LogP contribution in [0.25, 0.3) is 0 Å². The summed E-state index contributed by atoms with van der Waals surface area (Å²) in [6.45, 7) is 3.44. The van der Waals surface area contributed by atoms with Crippen LogP contribution in [0, 0.1) is 0 Å². The molecule has 1 amide bonds. The first-order chi connectivity index (χ1) is 10.7. The number of benzene rings is 1. The molecule has 0 radical (unpaired) electrons. The average Bonchev–Trinajstić information content (AvgIpc) is 3.06. The van der Waals surface area contributed by atoms with Crippen LogP contribution in [0.15, 0.2) is 30.3 Å². The second-order valence-electron chi connectivity index (χ2n) is 5.84. The van der Waals surface area contributed by atoms with Crippen molar-refractivity contribution in [3.63, 3.8) is 0 Å². The number of hydrogen-bond donors (Lipinski definition) is 2. The van der Waals surface area contributed by atoms with Crippen molar-refractivity contribution in [1.82, 2.24) is 10.2 Å². The molecule has 1 aliphatic heterocycles. The summed E-state index contributed by atoms with van der Waals surface area (Å²) >= 11 is 0. The van der Waals surface area contributed by atoms with Gasteiger partial charge in [0.05, 0.1) is 18.6 Å². The van der Waals surface area contributed by atoms with Gasteiger partial charge in [-0.25, -0.2) is 0 Å². The van der Waals surface area contributed by atoms with E-state index in [1.807, 2.05) is 18.2 Å². The third kappa shape index (κ3) is 5.09. The summed E-state index contributed by atoms with van der Waals surface area (Å²) in [7, 11) is 1.59. The van der Waals surface area contributed by atoms with Crippen LogP contribution in [0.1, 0.15) is 30.9 Å². The maximum absolute atomic E-state index is 12.3. The van der Waals surface area contributed by atoms with Gasteiger partial charge in [0, 0.05) is 20.2 Å². The van der Waals surface area contributed by atoms with Crippen molar-refractivity contribution < 1.29 is 9.53 Å². The van der Waals surface area contributed by atoms with Crippen molar-refractivity contribution in [2.45, 2.75) is 31.4 Å². The maximum atomic E-state index is 12.3. The molecule has 5 nitrogen and oxygen atoms in total. The molecule has 2 unspecified atom stereocenters. The molecular weight excluding hydrogens is 278 g/mol. The molecule has 1 saturated heterocycles. The van der Waals surface area contributed by atoms with Gasteiger partial charge in [-0.2, -0.15) is 0 Å². The van der Waals surface area contributed by atoms with E-state index in [1.54, 1.807) is 7.11 Å². The number of carbonyl (C=O) groups is 1. The van der Waals surface area contributed by atoms with Crippen LogP contribution >= 0.6 is 0 Å². The molecule has 1 aliphatic rings. The molecule has 0 bridgehead atoms. The number of hydrogen-bond acceptors (Lipinski definition) is 4. The van der Waals surface area contributed by atoms with Gasteiger partial charge < -0.3 is 20.7 Å². The Morgan fingerprint density at radius 1 is 1.32 bits per heavy atom. The van der Waals surface area contributed by atoms with Gasteiger partial charge in [-0.3, -0.25) is 4.79 Å². The first-order valence-electron chi connectivity index (χ1n) is 8.02. The zero-order valence-electron chi connectivity index (χ0n) is 13.3. The molecule has 0 aliphatic carbocycles. The molecule has 122 valence electrons. The third-order valence-electron chi connectivity index (χ3n) is 4.19. The minimum absolute atomic E-state index is 0.00894. The van der Waals surface area contributed by atoms with E-state index in [0.717, 1.165) is 25.2 Å². The zero-order valence-corrected chi connectivity index (χ0v) is 13.3. The van der Waals surface area contributed by atoms with Gasteiger partial charge in [-0.05, 0) is 31.5 Å². The molecular formula is C17H27N3O2. The summed E-state index contributed by atoms with van der Waals surface area (Å²) < 4.78 is 5.19. The number of amides is 1. The van der Waals surface area contributed by atoms with Crippen LogP contribution < -0.4 is 11.1 Å². The number of rotatable bonds is 8. The summed E-state index contributed by atoms with van der Waals surface area (Å²) in [5, 5.41) is 3.14. The van der Waals surface area contributed by atoms with Gasteiger partial charge in [0.2, 0.25) is 5.91 Å². The Labute approximate surface area is 132 Å². The highest BCUT2D eigenvalue weighted by molar-refractivity contribution is 5.77. The molecule has 5 heteroatoms. The molecule has 22 heavy (non-hydrogen) atoms. The smallest absolute Gasteiger partial charge is 0.223 e. The highest BCUT2D eigenvalue weighted by atomic mass is 16.5.